The summed E-state index contributed by atoms with van der Waals surface area (Å²) < 4.78 is 0. The van der Waals surface area contributed by atoms with Crippen molar-refractivity contribution in [2.24, 2.45) is 0 Å². The highest BCUT2D eigenvalue weighted by molar-refractivity contribution is 5.97. The first-order valence-electron chi connectivity index (χ1n) is 8.86. The molecule has 4 nitrogen and oxygen atoms in total. The number of rotatable bonds is 5. The van der Waals surface area contributed by atoms with Crippen molar-refractivity contribution >= 4 is 16.8 Å². The SMILES string of the molecule is O=C(c1cnc2ccccc2c1)N(Cc1ccccc1)Cc1ccncc1. The van der Waals surface area contributed by atoms with Crippen LogP contribution in [-0.4, -0.2) is 20.8 Å². The molecule has 0 saturated heterocycles. The maximum atomic E-state index is 13.3. The normalized spacial score (nSPS) is 10.7. The minimum Gasteiger partial charge on any atom is -0.330 e. The molecule has 0 saturated carbocycles. The number of fused-ring (bicyclic) bond motifs is 1. The average molecular weight is 353 g/mol. The summed E-state index contributed by atoms with van der Waals surface area (Å²) in [6, 6.07) is 23.6. The van der Waals surface area contributed by atoms with Crippen molar-refractivity contribution in [3.63, 3.8) is 0 Å². The molecule has 1 amide bonds. The Labute approximate surface area is 158 Å². The van der Waals surface area contributed by atoms with Gasteiger partial charge in [-0.05, 0) is 35.4 Å². The highest BCUT2D eigenvalue weighted by Gasteiger charge is 2.17. The molecule has 2 aromatic carbocycles. The Kier molecular flexibility index (Phi) is 4.88. The van der Waals surface area contributed by atoms with Crippen molar-refractivity contribution in [1.29, 1.82) is 0 Å². The van der Waals surface area contributed by atoms with Gasteiger partial charge in [0, 0.05) is 37.1 Å². The third-order valence-electron chi connectivity index (χ3n) is 4.46. The summed E-state index contributed by atoms with van der Waals surface area (Å²) in [4.78, 5) is 23.6. The zero-order valence-electron chi connectivity index (χ0n) is 14.8. The molecule has 4 heteroatoms. The van der Waals surface area contributed by atoms with Crippen LogP contribution < -0.4 is 0 Å². The molecule has 2 aromatic heterocycles. The van der Waals surface area contributed by atoms with Crippen LogP contribution in [0.4, 0.5) is 0 Å². The van der Waals surface area contributed by atoms with Gasteiger partial charge in [-0.1, -0.05) is 48.5 Å². The van der Waals surface area contributed by atoms with E-state index >= 15 is 0 Å². The lowest BCUT2D eigenvalue weighted by Crippen LogP contribution is -2.30. The quantitative estimate of drug-likeness (QED) is 0.532. The number of amides is 1. The predicted octanol–water partition coefficient (Wildman–Crippen LogP) is 4.47. The lowest BCUT2D eigenvalue weighted by Gasteiger charge is -2.23. The maximum Gasteiger partial charge on any atom is 0.256 e. The minimum atomic E-state index is -0.0334. The highest BCUT2D eigenvalue weighted by Crippen LogP contribution is 2.17. The van der Waals surface area contributed by atoms with Gasteiger partial charge in [-0.2, -0.15) is 0 Å². The zero-order valence-corrected chi connectivity index (χ0v) is 14.8. The Morgan fingerprint density at radius 1 is 0.815 bits per heavy atom. The fraction of sp³-hybridized carbons (Fsp3) is 0.0870. The molecule has 0 atom stereocenters. The van der Waals surface area contributed by atoms with E-state index in [1.165, 1.54) is 0 Å². The number of aromatic nitrogens is 2. The lowest BCUT2D eigenvalue weighted by atomic mass is 10.1. The first kappa shape index (κ1) is 16.9. The second-order valence-electron chi connectivity index (χ2n) is 6.42. The van der Waals surface area contributed by atoms with Crippen molar-refractivity contribution in [2.75, 3.05) is 0 Å². The average Bonchev–Trinajstić information content (AvgIpc) is 2.74. The maximum absolute atomic E-state index is 13.3. The summed E-state index contributed by atoms with van der Waals surface area (Å²) >= 11 is 0. The lowest BCUT2D eigenvalue weighted by molar-refractivity contribution is 0.0729. The molecule has 132 valence electrons. The Morgan fingerprint density at radius 3 is 2.26 bits per heavy atom. The van der Waals surface area contributed by atoms with Gasteiger partial charge in [-0.3, -0.25) is 14.8 Å². The van der Waals surface area contributed by atoms with E-state index in [-0.39, 0.29) is 5.91 Å². The van der Waals surface area contributed by atoms with Crippen molar-refractivity contribution in [3.05, 3.63) is 108 Å². The Morgan fingerprint density at radius 2 is 1.48 bits per heavy atom. The number of hydrogen-bond donors (Lipinski definition) is 0. The van der Waals surface area contributed by atoms with Crippen molar-refractivity contribution < 1.29 is 4.79 Å². The Hall–Kier alpha value is -3.53. The first-order valence-corrected chi connectivity index (χ1v) is 8.86. The van der Waals surface area contributed by atoms with Crippen LogP contribution in [0.15, 0.2) is 91.4 Å². The third kappa shape index (κ3) is 4.01. The van der Waals surface area contributed by atoms with Crippen molar-refractivity contribution in [3.8, 4) is 0 Å². The number of hydrogen-bond acceptors (Lipinski definition) is 3. The predicted molar refractivity (Wildman–Crippen MR) is 106 cm³/mol. The number of carbonyl (C=O) groups excluding carboxylic acids is 1. The van der Waals surface area contributed by atoms with E-state index in [2.05, 4.69) is 9.97 Å². The summed E-state index contributed by atoms with van der Waals surface area (Å²) in [6.07, 6.45) is 5.16. The molecule has 4 rings (SSSR count). The van der Waals surface area contributed by atoms with E-state index in [1.807, 2.05) is 77.7 Å². The molecular weight excluding hydrogens is 334 g/mol. The molecule has 0 N–H and O–H groups in total. The van der Waals surface area contributed by atoms with Crippen molar-refractivity contribution in [1.82, 2.24) is 14.9 Å². The Balaban J connectivity index is 1.66. The van der Waals surface area contributed by atoms with E-state index in [0.717, 1.165) is 22.0 Å². The summed E-state index contributed by atoms with van der Waals surface area (Å²) in [5.74, 6) is -0.0334. The van der Waals surface area contributed by atoms with E-state index < -0.39 is 0 Å². The monoisotopic (exact) mass is 353 g/mol. The largest absolute Gasteiger partial charge is 0.330 e. The number of benzene rings is 2. The molecule has 0 aliphatic rings. The van der Waals surface area contributed by atoms with Crippen LogP contribution >= 0.6 is 0 Å². The second-order valence-corrected chi connectivity index (χ2v) is 6.42. The van der Waals surface area contributed by atoms with Gasteiger partial charge in [0.25, 0.3) is 5.91 Å². The molecule has 0 radical (unpaired) electrons. The molecule has 27 heavy (non-hydrogen) atoms. The van der Waals surface area contributed by atoms with Crippen LogP contribution in [0.2, 0.25) is 0 Å². The molecule has 0 fully saturated rings. The van der Waals surface area contributed by atoms with Crippen LogP contribution in [-0.2, 0) is 13.1 Å². The van der Waals surface area contributed by atoms with Crippen LogP contribution in [0, 0.1) is 0 Å². The van der Waals surface area contributed by atoms with Gasteiger partial charge in [-0.25, -0.2) is 0 Å². The summed E-state index contributed by atoms with van der Waals surface area (Å²) in [7, 11) is 0. The van der Waals surface area contributed by atoms with Gasteiger partial charge < -0.3 is 4.90 Å². The molecule has 2 heterocycles. The number of carbonyl (C=O) groups is 1. The first-order chi connectivity index (χ1) is 13.3. The molecule has 0 spiro atoms. The molecule has 0 aliphatic heterocycles. The van der Waals surface area contributed by atoms with Gasteiger partial charge in [0.15, 0.2) is 0 Å². The molecule has 4 aromatic rings. The van der Waals surface area contributed by atoms with E-state index in [9.17, 15) is 4.79 Å². The number of nitrogens with zero attached hydrogens (tertiary/aromatic N) is 3. The van der Waals surface area contributed by atoms with Crippen LogP contribution in [0.25, 0.3) is 10.9 Å². The number of para-hydroxylation sites is 1. The molecular formula is C23H19N3O. The fourth-order valence-corrected chi connectivity index (χ4v) is 3.08. The fourth-order valence-electron chi connectivity index (χ4n) is 3.08. The minimum absolute atomic E-state index is 0.0334. The smallest absolute Gasteiger partial charge is 0.256 e. The van der Waals surface area contributed by atoms with Crippen molar-refractivity contribution in [2.45, 2.75) is 13.1 Å². The van der Waals surface area contributed by atoms with Gasteiger partial charge in [0.1, 0.15) is 0 Å². The van der Waals surface area contributed by atoms with Crippen LogP contribution in [0.1, 0.15) is 21.5 Å². The third-order valence-corrected chi connectivity index (χ3v) is 4.46. The molecule has 0 unspecified atom stereocenters. The summed E-state index contributed by atoms with van der Waals surface area (Å²) in [5.41, 5.74) is 3.62. The van der Waals surface area contributed by atoms with Crippen LogP contribution in [0.3, 0.4) is 0 Å². The van der Waals surface area contributed by atoms with Crippen LogP contribution in [0.5, 0.6) is 0 Å². The van der Waals surface area contributed by atoms with E-state index in [4.69, 9.17) is 0 Å². The highest BCUT2D eigenvalue weighted by atomic mass is 16.2. The summed E-state index contributed by atoms with van der Waals surface area (Å²) in [6.45, 7) is 1.05. The number of pyridine rings is 2. The van der Waals surface area contributed by atoms with E-state index in [0.29, 0.717) is 18.7 Å². The topological polar surface area (TPSA) is 46.1 Å². The molecule has 0 aliphatic carbocycles. The Bertz CT molecular complexity index is 1010. The summed E-state index contributed by atoms with van der Waals surface area (Å²) in [5, 5.41) is 0.965. The van der Waals surface area contributed by atoms with Gasteiger partial charge in [0.2, 0.25) is 0 Å². The zero-order chi connectivity index (χ0) is 18.5. The van der Waals surface area contributed by atoms with Gasteiger partial charge >= 0.3 is 0 Å². The van der Waals surface area contributed by atoms with Gasteiger partial charge in [-0.15, -0.1) is 0 Å². The second kappa shape index (κ2) is 7.79. The molecule has 0 bridgehead atoms. The van der Waals surface area contributed by atoms with Gasteiger partial charge in [0.05, 0.1) is 11.1 Å². The standard InChI is InChI=1S/C23H19N3O/c27-23(21-14-20-8-4-5-9-22(20)25-15-21)26(16-18-6-2-1-3-7-18)17-19-10-12-24-13-11-19/h1-15H,16-17H2. The van der Waals surface area contributed by atoms with E-state index in [1.54, 1.807) is 18.6 Å².